The van der Waals surface area contributed by atoms with Gasteiger partial charge in [0.2, 0.25) is 21.8 Å². The molecule has 8 heteroatoms. The maximum atomic E-state index is 12.5. The van der Waals surface area contributed by atoms with Gasteiger partial charge in [-0.15, -0.1) is 0 Å². The van der Waals surface area contributed by atoms with E-state index in [1.54, 1.807) is 37.4 Å². The summed E-state index contributed by atoms with van der Waals surface area (Å²) in [5.74, 6) is 0.404. The summed E-state index contributed by atoms with van der Waals surface area (Å²) < 4.78 is 33.5. The summed E-state index contributed by atoms with van der Waals surface area (Å²) >= 11 is 0. The van der Waals surface area contributed by atoms with E-state index in [9.17, 15) is 13.2 Å². The van der Waals surface area contributed by atoms with E-state index in [2.05, 4.69) is 15.0 Å². The molecule has 1 aliphatic rings. The largest absolute Gasteiger partial charge is 0.474 e. The number of nitrogens with zero attached hydrogens (tertiary/aromatic N) is 1. The molecule has 2 N–H and O–H groups in total. The Bertz CT molecular complexity index is 907. The lowest BCUT2D eigenvalue weighted by molar-refractivity contribution is -0.115. The number of sulfonamides is 1. The number of carbonyl (C=O) groups is 1. The molecule has 1 aromatic carbocycles. The number of amides is 1. The number of pyridine rings is 1. The van der Waals surface area contributed by atoms with Gasteiger partial charge in [0.25, 0.3) is 0 Å². The standard InChI is InChI=1S/C20H25N3O4S/c1-2-19(24)23-16-7-9-18(10-8-16)28(25,26)22-14-15-11-12-21-20(13-15)27-17-5-3-4-6-17/h7-13,17,22H,2-6,14H2,1H3,(H,23,24). The Morgan fingerprint density at radius 3 is 2.57 bits per heavy atom. The quantitative estimate of drug-likeness (QED) is 0.705. The first-order valence-corrected chi connectivity index (χ1v) is 11.0. The molecule has 1 saturated carbocycles. The molecular weight excluding hydrogens is 378 g/mol. The summed E-state index contributed by atoms with van der Waals surface area (Å²) in [6.45, 7) is 1.89. The van der Waals surface area contributed by atoms with Gasteiger partial charge in [-0.1, -0.05) is 6.92 Å². The van der Waals surface area contributed by atoms with Crippen molar-refractivity contribution < 1.29 is 17.9 Å². The molecule has 7 nitrogen and oxygen atoms in total. The number of hydrogen-bond acceptors (Lipinski definition) is 5. The molecule has 2 aromatic rings. The van der Waals surface area contributed by atoms with E-state index in [4.69, 9.17) is 4.74 Å². The minimum atomic E-state index is -3.67. The second-order valence-electron chi connectivity index (χ2n) is 6.78. The molecular formula is C20H25N3O4S. The molecule has 28 heavy (non-hydrogen) atoms. The number of hydrogen-bond donors (Lipinski definition) is 2. The zero-order valence-electron chi connectivity index (χ0n) is 15.8. The van der Waals surface area contributed by atoms with E-state index in [1.165, 1.54) is 25.0 Å². The average Bonchev–Trinajstić information content (AvgIpc) is 3.20. The van der Waals surface area contributed by atoms with E-state index in [0.29, 0.717) is 18.0 Å². The van der Waals surface area contributed by atoms with Crippen molar-refractivity contribution in [2.45, 2.75) is 56.6 Å². The van der Waals surface area contributed by atoms with Gasteiger partial charge in [-0.3, -0.25) is 4.79 Å². The van der Waals surface area contributed by atoms with Crippen LogP contribution in [-0.2, 0) is 21.4 Å². The van der Waals surface area contributed by atoms with Crippen LogP contribution >= 0.6 is 0 Å². The average molecular weight is 404 g/mol. The van der Waals surface area contributed by atoms with Crippen LogP contribution in [0.1, 0.15) is 44.6 Å². The van der Waals surface area contributed by atoms with Gasteiger partial charge >= 0.3 is 0 Å². The number of aromatic nitrogens is 1. The highest BCUT2D eigenvalue weighted by Gasteiger charge is 2.18. The summed E-state index contributed by atoms with van der Waals surface area (Å²) in [6, 6.07) is 9.60. The fraction of sp³-hybridized carbons (Fsp3) is 0.400. The van der Waals surface area contributed by atoms with Crippen LogP contribution in [0.4, 0.5) is 5.69 Å². The number of nitrogens with one attached hydrogen (secondary N) is 2. The molecule has 1 heterocycles. The van der Waals surface area contributed by atoms with E-state index < -0.39 is 10.0 Å². The number of carbonyl (C=O) groups excluding carboxylic acids is 1. The summed E-state index contributed by atoms with van der Waals surface area (Å²) in [5, 5.41) is 2.69. The van der Waals surface area contributed by atoms with Crippen molar-refractivity contribution in [1.29, 1.82) is 0 Å². The van der Waals surface area contributed by atoms with Crippen LogP contribution in [0.3, 0.4) is 0 Å². The summed E-state index contributed by atoms with van der Waals surface area (Å²) in [6.07, 6.45) is 6.60. The van der Waals surface area contributed by atoms with Crippen molar-refractivity contribution in [3.05, 3.63) is 48.2 Å². The smallest absolute Gasteiger partial charge is 0.240 e. The Kier molecular flexibility index (Phi) is 6.64. The van der Waals surface area contributed by atoms with E-state index >= 15 is 0 Å². The van der Waals surface area contributed by atoms with Crippen LogP contribution < -0.4 is 14.8 Å². The molecule has 1 fully saturated rings. The van der Waals surface area contributed by atoms with E-state index in [0.717, 1.165) is 18.4 Å². The normalized spacial score (nSPS) is 14.8. The molecule has 3 rings (SSSR count). The SMILES string of the molecule is CCC(=O)Nc1ccc(S(=O)(=O)NCc2ccnc(OC3CCCC3)c2)cc1. The van der Waals surface area contributed by atoms with Crippen molar-refractivity contribution in [2.75, 3.05) is 5.32 Å². The summed E-state index contributed by atoms with van der Waals surface area (Å²) in [4.78, 5) is 15.8. The second-order valence-corrected chi connectivity index (χ2v) is 8.54. The highest BCUT2D eigenvalue weighted by atomic mass is 32.2. The van der Waals surface area contributed by atoms with Crippen LogP contribution in [-0.4, -0.2) is 25.4 Å². The second kappa shape index (κ2) is 9.16. The third-order valence-electron chi connectivity index (χ3n) is 4.62. The Morgan fingerprint density at radius 2 is 1.89 bits per heavy atom. The molecule has 0 bridgehead atoms. The van der Waals surface area contributed by atoms with Gasteiger partial charge in [-0.05, 0) is 61.6 Å². The van der Waals surface area contributed by atoms with Gasteiger partial charge in [-0.25, -0.2) is 18.1 Å². The number of ether oxygens (including phenoxy) is 1. The van der Waals surface area contributed by atoms with E-state index in [1.807, 2.05) is 0 Å². The Morgan fingerprint density at radius 1 is 1.18 bits per heavy atom. The predicted molar refractivity (Wildman–Crippen MR) is 107 cm³/mol. The lowest BCUT2D eigenvalue weighted by Crippen LogP contribution is -2.23. The number of rotatable bonds is 8. The summed E-state index contributed by atoms with van der Waals surface area (Å²) in [5.41, 5.74) is 1.34. The molecule has 150 valence electrons. The minimum Gasteiger partial charge on any atom is -0.474 e. The van der Waals surface area contributed by atoms with Crippen LogP contribution in [0.25, 0.3) is 0 Å². The molecule has 1 aromatic heterocycles. The molecule has 0 atom stereocenters. The first-order chi connectivity index (χ1) is 13.5. The number of anilines is 1. The van der Waals surface area contributed by atoms with Gasteiger partial charge < -0.3 is 10.1 Å². The van der Waals surface area contributed by atoms with Gasteiger partial charge in [-0.2, -0.15) is 0 Å². The fourth-order valence-electron chi connectivity index (χ4n) is 3.03. The zero-order valence-corrected chi connectivity index (χ0v) is 16.7. The Hall–Kier alpha value is -2.45. The van der Waals surface area contributed by atoms with Crippen molar-refractivity contribution >= 4 is 21.6 Å². The molecule has 1 amide bonds. The van der Waals surface area contributed by atoms with Crippen molar-refractivity contribution in [2.24, 2.45) is 0 Å². The first-order valence-electron chi connectivity index (χ1n) is 9.47. The van der Waals surface area contributed by atoms with Gasteiger partial charge in [0.05, 0.1) is 4.90 Å². The van der Waals surface area contributed by atoms with Gasteiger partial charge in [0.1, 0.15) is 6.10 Å². The predicted octanol–water partition coefficient (Wildman–Crippen LogP) is 3.23. The molecule has 0 radical (unpaired) electrons. The lowest BCUT2D eigenvalue weighted by atomic mass is 10.2. The fourth-order valence-corrected chi connectivity index (χ4v) is 4.05. The zero-order chi connectivity index (χ0) is 20.0. The first kappa shape index (κ1) is 20.3. The summed E-state index contributed by atoms with van der Waals surface area (Å²) in [7, 11) is -3.67. The monoisotopic (exact) mass is 403 g/mol. The highest BCUT2D eigenvalue weighted by molar-refractivity contribution is 7.89. The molecule has 0 aliphatic heterocycles. The van der Waals surface area contributed by atoms with Crippen molar-refractivity contribution in [3.63, 3.8) is 0 Å². The molecule has 1 aliphatic carbocycles. The van der Waals surface area contributed by atoms with Gasteiger partial charge in [0.15, 0.2) is 0 Å². The molecule has 0 unspecified atom stereocenters. The van der Waals surface area contributed by atoms with Crippen LogP contribution in [0, 0.1) is 0 Å². The Balaban J connectivity index is 1.60. The third-order valence-corrected chi connectivity index (χ3v) is 6.04. The molecule has 0 saturated heterocycles. The maximum Gasteiger partial charge on any atom is 0.240 e. The van der Waals surface area contributed by atoms with Crippen LogP contribution in [0.15, 0.2) is 47.5 Å². The minimum absolute atomic E-state index is 0.123. The topological polar surface area (TPSA) is 97.4 Å². The Labute approximate surface area is 165 Å². The van der Waals surface area contributed by atoms with Crippen molar-refractivity contribution in [3.8, 4) is 5.88 Å². The molecule has 0 spiro atoms. The van der Waals surface area contributed by atoms with Crippen molar-refractivity contribution in [1.82, 2.24) is 9.71 Å². The maximum absolute atomic E-state index is 12.5. The van der Waals surface area contributed by atoms with Crippen LogP contribution in [0.5, 0.6) is 5.88 Å². The lowest BCUT2D eigenvalue weighted by Gasteiger charge is -2.13. The van der Waals surface area contributed by atoms with E-state index in [-0.39, 0.29) is 23.5 Å². The van der Waals surface area contributed by atoms with Gasteiger partial charge in [0, 0.05) is 30.9 Å². The third kappa shape index (κ3) is 5.53. The highest BCUT2D eigenvalue weighted by Crippen LogP contribution is 2.23. The van der Waals surface area contributed by atoms with Crippen LogP contribution in [0.2, 0.25) is 0 Å². The number of benzene rings is 1.